The number of benzene rings is 1. The van der Waals surface area contributed by atoms with Gasteiger partial charge in [-0.05, 0) is 24.6 Å². The van der Waals surface area contributed by atoms with Crippen LogP contribution in [0.3, 0.4) is 0 Å². The molecule has 0 bridgehead atoms. The van der Waals surface area contributed by atoms with Gasteiger partial charge < -0.3 is 0 Å². The first kappa shape index (κ1) is 16.2. The van der Waals surface area contributed by atoms with Crippen molar-refractivity contribution in [2.75, 3.05) is 5.32 Å². The van der Waals surface area contributed by atoms with Gasteiger partial charge in [0.15, 0.2) is 5.82 Å². The predicted molar refractivity (Wildman–Crippen MR) is 95.4 cm³/mol. The number of nitrogens with one attached hydrogen (secondary N) is 2. The van der Waals surface area contributed by atoms with Crippen LogP contribution in [0.25, 0.3) is 11.5 Å². The number of carbonyl (C=O) groups excluding carboxylic acids is 1. The molecule has 0 aliphatic carbocycles. The fourth-order valence-electron chi connectivity index (χ4n) is 2.02. The van der Waals surface area contributed by atoms with Gasteiger partial charge in [0.05, 0.1) is 5.25 Å². The van der Waals surface area contributed by atoms with Crippen LogP contribution in [0.2, 0.25) is 0 Å². The number of carbonyl (C=O) groups is 1. The fraction of sp³-hybridized carbons (Fsp3) is 0.176. The molecule has 0 fully saturated rings. The second-order valence-electron chi connectivity index (χ2n) is 5.15. The van der Waals surface area contributed by atoms with Crippen LogP contribution >= 0.6 is 11.8 Å². The first-order valence-corrected chi connectivity index (χ1v) is 8.57. The van der Waals surface area contributed by atoms with Gasteiger partial charge in [-0.25, -0.2) is 0 Å². The number of H-pyrrole nitrogens is 1. The van der Waals surface area contributed by atoms with Gasteiger partial charge in [0.1, 0.15) is 5.69 Å². The molecule has 0 saturated heterocycles. The number of anilines is 1. The van der Waals surface area contributed by atoms with E-state index in [0.717, 1.165) is 5.75 Å². The molecular weight excluding hydrogens is 322 g/mol. The SMILES string of the molecule is CC(SCc1ccccc1)C(=O)Nc1n[nH]c(-c2ccccn2)n1. The summed E-state index contributed by atoms with van der Waals surface area (Å²) in [4.78, 5) is 20.7. The second-order valence-corrected chi connectivity index (χ2v) is 6.48. The number of hydrogen-bond donors (Lipinski definition) is 2. The number of hydrogen-bond acceptors (Lipinski definition) is 5. The van der Waals surface area contributed by atoms with Crippen LogP contribution < -0.4 is 5.32 Å². The van der Waals surface area contributed by atoms with Crippen molar-refractivity contribution in [3.05, 3.63) is 60.3 Å². The zero-order valence-electron chi connectivity index (χ0n) is 13.1. The van der Waals surface area contributed by atoms with Crippen LogP contribution in [0.1, 0.15) is 12.5 Å². The minimum Gasteiger partial charge on any atom is -0.292 e. The molecule has 0 aliphatic rings. The topological polar surface area (TPSA) is 83.6 Å². The van der Waals surface area contributed by atoms with Crippen molar-refractivity contribution >= 4 is 23.6 Å². The summed E-state index contributed by atoms with van der Waals surface area (Å²) in [5.41, 5.74) is 1.87. The Labute approximate surface area is 144 Å². The number of aromatic nitrogens is 4. The maximum Gasteiger partial charge on any atom is 0.249 e. The lowest BCUT2D eigenvalue weighted by Gasteiger charge is -2.09. The Morgan fingerprint density at radius 2 is 2.00 bits per heavy atom. The first-order valence-electron chi connectivity index (χ1n) is 7.52. The van der Waals surface area contributed by atoms with Gasteiger partial charge in [-0.15, -0.1) is 16.9 Å². The van der Waals surface area contributed by atoms with Crippen molar-refractivity contribution in [2.45, 2.75) is 17.9 Å². The Balaban J connectivity index is 1.55. The zero-order chi connectivity index (χ0) is 16.8. The molecule has 1 amide bonds. The zero-order valence-corrected chi connectivity index (χ0v) is 14.0. The number of rotatable bonds is 6. The van der Waals surface area contributed by atoms with Crippen molar-refractivity contribution < 1.29 is 4.79 Å². The molecule has 2 N–H and O–H groups in total. The molecule has 0 saturated carbocycles. The molecule has 24 heavy (non-hydrogen) atoms. The summed E-state index contributed by atoms with van der Waals surface area (Å²) in [6, 6.07) is 15.6. The highest BCUT2D eigenvalue weighted by Gasteiger charge is 2.16. The van der Waals surface area contributed by atoms with Crippen molar-refractivity contribution in [2.24, 2.45) is 0 Å². The molecule has 7 heteroatoms. The third-order valence-electron chi connectivity index (χ3n) is 3.34. The average Bonchev–Trinajstić information content (AvgIpc) is 3.10. The summed E-state index contributed by atoms with van der Waals surface area (Å²) < 4.78 is 0. The van der Waals surface area contributed by atoms with Crippen molar-refractivity contribution in [3.63, 3.8) is 0 Å². The van der Waals surface area contributed by atoms with Crippen LogP contribution in [0.15, 0.2) is 54.7 Å². The molecule has 0 radical (unpaired) electrons. The van der Waals surface area contributed by atoms with E-state index >= 15 is 0 Å². The Hall–Kier alpha value is -2.67. The lowest BCUT2D eigenvalue weighted by Crippen LogP contribution is -2.23. The molecule has 1 aromatic carbocycles. The largest absolute Gasteiger partial charge is 0.292 e. The van der Waals surface area contributed by atoms with Gasteiger partial charge in [0, 0.05) is 11.9 Å². The fourth-order valence-corrected chi connectivity index (χ4v) is 2.86. The van der Waals surface area contributed by atoms with Crippen LogP contribution in [0.5, 0.6) is 0 Å². The van der Waals surface area contributed by atoms with Crippen molar-refractivity contribution in [3.8, 4) is 11.5 Å². The van der Waals surface area contributed by atoms with Crippen molar-refractivity contribution in [1.29, 1.82) is 0 Å². The summed E-state index contributed by atoms with van der Waals surface area (Å²) in [6.07, 6.45) is 1.68. The normalized spacial score (nSPS) is 11.9. The number of aromatic amines is 1. The minimum absolute atomic E-state index is 0.123. The first-order chi connectivity index (χ1) is 11.7. The van der Waals surface area contributed by atoms with Gasteiger partial charge in [0.25, 0.3) is 0 Å². The number of thioether (sulfide) groups is 1. The lowest BCUT2D eigenvalue weighted by molar-refractivity contribution is -0.115. The summed E-state index contributed by atoms with van der Waals surface area (Å²) in [6.45, 7) is 1.87. The predicted octanol–water partition coefficient (Wildman–Crippen LogP) is 3.13. The maximum atomic E-state index is 12.2. The average molecular weight is 339 g/mol. The van der Waals surface area contributed by atoms with E-state index in [2.05, 4.69) is 25.5 Å². The lowest BCUT2D eigenvalue weighted by atomic mass is 10.2. The minimum atomic E-state index is -0.206. The summed E-state index contributed by atoms with van der Waals surface area (Å²) in [5, 5.41) is 9.32. The van der Waals surface area contributed by atoms with Gasteiger partial charge in [-0.3, -0.25) is 20.2 Å². The number of amides is 1. The van der Waals surface area contributed by atoms with Crippen molar-refractivity contribution in [1.82, 2.24) is 20.2 Å². The second kappa shape index (κ2) is 7.74. The molecule has 3 aromatic rings. The standard InChI is InChI=1S/C17H17N5OS/c1-12(24-11-13-7-3-2-4-8-13)16(23)20-17-19-15(21-22-17)14-9-5-6-10-18-14/h2-10,12H,11H2,1H3,(H2,19,20,21,22,23). The van der Waals surface area contributed by atoms with Crippen LogP contribution in [0, 0.1) is 0 Å². The van der Waals surface area contributed by atoms with E-state index in [1.54, 1.807) is 18.0 Å². The van der Waals surface area contributed by atoms with E-state index < -0.39 is 0 Å². The molecule has 122 valence electrons. The molecule has 2 aromatic heterocycles. The highest BCUT2D eigenvalue weighted by Crippen LogP contribution is 2.19. The smallest absolute Gasteiger partial charge is 0.249 e. The Morgan fingerprint density at radius 3 is 2.75 bits per heavy atom. The highest BCUT2D eigenvalue weighted by atomic mass is 32.2. The maximum absolute atomic E-state index is 12.2. The van der Waals surface area contributed by atoms with E-state index in [-0.39, 0.29) is 17.1 Å². The molecule has 2 heterocycles. The molecule has 3 rings (SSSR count). The van der Waals surface area contributed by atoms with Gasteiger partial charge in [0.2, 0.25) is 11.9 Å². The van der Waals surface area contributed by atoms with Crippen LogP contribution in [0.4, 0.5) is 5.95 Å². The molecule has 6 nitrogen and oxygen atoms in total. The molecule has 0 spiro atoms. The summed E-state index contributed by atoms with van der Waals surface area (Å²) in [7, 11) is 0. The van der Waals surface area contributed by atoms with E-state index in [0.29, 0.717) is 11.5 Å². The third kappa shape index (κ3) is 4.20. The monoisotopic (exact) mass is 339 g/mol. The summed E-state index contributed by atoms with van der Waals surface area (Å²) >= 11 is 1.57. The van der Waals surface area contributed by atoms with Crippen LogP contribution in [-0.2, 0) is 10.5 Å². The Morgan fingerprint density at radius 1 is 1.21 bits per heavy atom. The van der Waals surface area contributed by atoms with Gasteiger partial charge >= 0.3 is 0 Å². The molecule has 0 aliphatic heterocycles. The third-order valence-corrected chi connectivity index (χ3v) is 4.55. The Kier molecular flexibility index (Phi) is 5.22. The summed E-state index contributed by atoms with van der Waals surface area (Å²) in [5.74, 6) is 1.44. The van der Waals surface area contributed by atoms with Crippen LogP contribution in [-0.4, -0.2) is 31.3 Å². The number of nitrogens with zero attached hydrogens (tertiary/aromatic N) is 3. The number of pyridine rings is 1. The Bertz CT molecular complexity index is 791. The van der Waals surface area contributed by atoms with E-state index in [1.807, 2.05) is 55.5 Å². The molecular formula is C17H17N5OS. The molecule has 1 atom stereocenters. The molecule has 1 unspecified atom stereocenters. The van der Waals surface area contributed by atoms with Gasteiger partial charge in [-0.1, -0.05) is 36.4 Å². The van der Waals surface area contributed by atoms with E-state index in [4.69, 9.17) is 0 Å². The highest BCUT2D eigenvalue weighted by molar-refractivity contribution is 7.99. The van der Waals surface area contributed by atoms with E-state index in [9.17, 15) is 4.79 Å². The van der Waals surface area contributed by atoms with E-state index in [1.165, 1.54) is 5.56 Å². The quantitative estimate of drug-likeness (QED) is 0.721. The van der Waals surface area contributed by atoms with Gasteiger partial charge in [-0.2, -0.15) is 4.98 Å².